The lowest BCUT2D eigenvalue weighted by Gasteiger charge is -2.17. The summed E-state index contributed by atoms with van der Waals surface area (Å²) < 4.78 is 0. The summed E-state index contributed by atoms with van der Waals surface area (Å²) in [5.74, 6) is -1.28. The van der Waals surface area contributed by atoms with E-state index in [9.17, 15) is 9.59 Å². The molecule has 116 valence electrons. The van der Waals surface area contributed by atoms with Gasteiger partial charge in [0.1, 0.15) is 0 Å². The molecule has 0 spiro atoms. The summed E-state index contributed by atoms with van der Waals surface area (Å²) in [4.78, 5) is 22.8. The summed E-state index contributed by atoms with van der Waals surface area (Å²) in [7, 11) is 0. The Balaban J connectivity index is 1.66. The van der Waals surface area contributed by atoms with E-state index in [1.165, 1.54) is 0 Å². The Morgan fingerprint density at radius 1 is 1.48 bits per heavy atom. The van der Waals surface area contributed by atoms with Gasteiger partial charge < -0.3 is 15.7 Å². The summed E-state index contributed by atoms with van der Waals surface area (Å²) in [6, 6.07) is -0.532. The molecule has 1 aromatic heterocycles. The summed E-state index contributed by atoms with van der Waals surface area (Å²) in [5, 5.41) is 21.4. The van der Waals surface area contributed by atoms with Gasteiger partial charge in [0.25, 0.3) is 0 Å². The van der Waals surface area contributed by atoms with Gasteiger partial charge in [0.2, 0.25) is 0 Å². The van der Waals surface area contributed by atoms with Crippen molar-refractivity contribution in [2.24, 2.45) is 5.92 Å². The SMILES string of the molecule is Cc1[nH]ncc1CCCNC(=O)NC1CCCC1C(=O)O. The van der Waals surface area contributed by atoms with Crippen molar-refractivity contribution in [2.45, 2.75) is 45.1 Å². The number of aliphatic carboxylic acids is 1. The zero-order valence-electron chi connectivity index (χ0n) is 12.2. The average Bonchev–Trinajstić information content (AvgIpc) is 3.04. The number of aromatic amines is 1. The van der Waals surface area contributed by atoms with Crippen LogP contribution in [0.3, 0.4) is 0 Å². The minimum atomic E-state index is -0.826. The van der Waals surface area contributed by atoms with Crippen LogP contribution in [-0.4, -0.2) is 39.9 Å². The highest BCUT2D eigenvalue weighted by Crippen LogP contribution is 2.25. The first kappa shape index (κ1) is 15.3. The highest BCUT2D eigenvalue weighted by atomic mass is 16.4. The minimum Gasteiger partial charge on any atom is -0.481 e. The molecule has 0 aromatic carbocycles. The molecular weight excluding hydrogens is 272 g/mol. The molecule has 2 atom stereocenters. The molecule has 0 saturated heterocycles. The smallest absolute Gasteiger partial charge is 0.315 e. The number of H-pyrrole nitrogens is 1. The van der Waals surface area contributed by atoms with Gasteiger partial charge in [-0.1, -0.05) is 6.42 Å². The fraction of sp³-hybridized carbons (Fsp3) is 0.643. The Hall–Kier alpha value is -2.05. The summed E-state index contributed by atoms with van der Waals surface area (Å²) in [6.07, 6.45) is 5.69. The van der Waals surface area contributed by atoms with Crippen LogP contribution >= 0.6 is 0 Å². The van der Waals surface area contributed by atoms with Gasteiger partial charge in [-0.25, -0.2) is 4.79 Å². The zero-order chi connectivity index (χ0) is 15.2. The maximum Gasteiger partial charge on any atom is 0.315 e. The van der Waals surface area contributed by atoms with Crippen molar-refractivity contribution >= 4 is 12.0 Å². The molecule has 2 rings (SSSR count). The number of carbonyl (C=O) groups is 2. The molecule has 1 heterocycles. The fourth-order valence-electron chi connectivity index (χ4n) is 2.76. The van der Waals surface area contributed by atoms with E-state index in [-0.39, 0.29) is 12.1 Å². The Bertz CT molecular complexity index is 500. The number of hydrogen-bond acceptors (Lipinski definition) is 3. The molecule has 7 heteroatoms. The van der Waals surface area contributed by atoms with Crippen molar-refractivity contribution in [2.75, 3.05) is 6.54 Å². The van der Waals surface area contributed by atoms with Crippen LogP contribution in [0.25, 0.3) is 0 Å². The van der Waals surface area contributed by atoms with E-state index >= 15 is 0 Å². The zero-order valence-corrected chi connectivity index (χ0v) is 12.2. The fourth-order valence-corrected chi connectivity index (χ4v) is 2.76. The van der Waals surface area contributed by atoms with Crippen LogP contribution in [0, 0.1) is 12.8 Å². The van der Waals surface area contributed by atoms with Crippen LogP contribution in [0.5, 0.6) is 0 Å². The van der Waals surface area contributed by atoms with Gasteiger partial charge >= 0.3 is 12.0 Å². The molecule has 21 heavy (non-hydrogen) atoms. The minimum absolute atomic E-state index is 0.251. The highest BCUT2D eigenvalue weighted by Gasteiger charge is 2.33. The molecule has 0 aliphatic heterocycles. The van der Waals surface area contributed by atoms with Crippen molar-refractivity contribution < 1.29 is 14.7 Å². The third-order valence-corrected chi connectivity index (χ3v) is 3.99. The molecule has 2 unspecified atom stereocenters. The Morgan fingerprint density at radius 3 is 2.95 bits per heavy atom. The third kappa shape index (κ3) is 4.21. The lowest BCUT2D eigenvalue weighted by Crippen LogP contribution is -2.45. The second kappa shape index (κ2) is 7.10. The van der Waals surface area contributed by atoms with Crippen molar-refractivity contribution in [3.05, 3.63) is 17.5 Å². The molecule has 1 aromatic rings. The monoisotopic (exact) mass is 294 g/mol. The number of rotatable bonds is 6. The van der Waals surface area contributed by atoms with Crippen LogP contribution in [0.4, 0.5) is 4.79 Å². The highest BCUT2D eigenvalue weighted by molar-refractivity contribution is 5.76. The summed E-state index contributed by atoms with van der Waals surface area (Å²) >= 11 is 0. The molecule has 1 saturated carbocycles. The second-order valence-corrected chi connectivity index (χ2v) is 5.51. The van der Waals surface area contributed by atoms with Crippen LogP contribution in [0.2, 0.25) is 0 Å². The van der Waals surface area contributed by atoms with Gasteiger partial charge in [-0.15, -0.1) is 0 Å². The molecule has 1 aliphatic carbocycles. The van der Waals surface area contributed by atoms with Crippen molar-refractivity contribution in [1.82, 2.24) is 20.8 Å². The van der Waals surface area contributed by atoms with Crippen LogP contribution in [0.1, 0.15) is 36.9 Å². The Labute approximate surface area is 123 Å². The molecule has 1 fully saturated rings. The first-order valence-corrected chi connectivity index (χ1v) is 7.34. The van der Waals surface area contributed by atoms with Gasteiger partial charge in [0, 0.05) is 18.3 Å². The van der Waals surface area contributed by atoms with E-state index in [2.05, 4.69) is 20.8 Å². The molecule has 2 amide bonds. The molecule has 0 radical (unpaired) electrons. The van der Waals surface area contributed by atoms with Crippen LogP contribution in [0.15, 0.2) is 6.20 Å². The predicted octanol–water partition coefficient (Wildman–Crippen LogP) is 1.20. The number of urea groups is 1. The van der Waals surface area contributed by atoms with Gasteiger partial charge in [-0.05, 0) is 38.2 Å². The summed E-state index contributed by atoms with van der Waals surface area (Å²) in [5.41, 5.74) is 2.20. The van der Waals surface area contributed by atoms with Gasteiger partial charge in [0.15, 0.2) is 0 Å². The number of nitrogens with one attached hydrogen (secondary N) is 3. The van der Waals surface area contributed by atoms with E-state index in [1.54, 1.807) is 6.20 Å². The lowest BCUT2D eigenvalue weighted by molar-refractivity contribution is -0.142. The van der Waals surface area contributed by atoms with Crippen molar-refractivity contribution in [1.29, 1.82) is 0 Å². The first-order chi connectivity index (χ1) is 10.1. The maximum absolute atomic E-state index is 11.8. The molecule has 0 bridgehead atoms. The topological polar surface area (TPSA) is 107 Å². The van der Waals surface area contributed by atoms with Gasteiger partial charge in [0.05, 0.1) is 12.1 Å². The van der Waals surface area contributed by atoms with E-state index < -0.39 is 11.9 Å². The second-order valence-electron chi connectivity index (χ2n) is 5.51. The quantitative estimate of drug-likeness (QED) is 0.591. The normalized spacial score (nSPS) is 21.2. The molecule has 4 N–H and O–H groups in total. The number of aryl methyl sites for hydroxylation is 2. The largest absolute Gasteiger partial charge is 0.481 e. The Kier molecular flexibility index (Phi) is 5.19. The predicted molar refractivity (Wildman–Crippen MR) is 76.9 cm³/mol. The molecule has 7 nitrogen and oxygen atoms in total. The molecular formula is C14H22N4O3. The van der Waals surface area contributed by atoms with Crippen molar-refractivity contribution in [3.63, 3.8) is 0 Å². The standard InChI is InChI=1S/C14H22N4O3/c1-9-10(8-16-18-9)4-3-7-15-14(21)17-12-6-2-5-11(12)13(19)20/h8,11-12H,2-7H2,1H3,(H,16,18)(H,19,20)(H2,15,17,21). The van der Waals surface area contributed by atoms with Crippen molar-refractivity contribution in [3.8, 4) is 0 Å². The molecule has 1 aliphatic rings. The number of nitrogens with zero attached hydrogens (tertiary/aromatic N) is 1. The number of carboxylic acid groups (broad SMARTS) is 1. The number of carboxylic acids is 1. The average molecular weight is 294 g/mol. The van der Waals surface area contributed by atoms with Crippen LogP contribution in [-0.2, 0) is 11.2 Å². The van der Waals surface area contributed by atoms with E-state index in [1.807, 2.05) is 6.92 Å². The van der Waals surface area contributed by atoms with Gasteiger partial charge in [-0.2, -0.15) is 5.10 Å². The summed E-state index contributed by atoms with van der Waals surface area (Å²) in [6.45, 7) is 2.52. The number of aromatic nitrogens is 2. The third-order valence-electron chi connectivity index (χ3n) is 3.99. The maximum atomic E-state index is 11.8. The number of hydrogen-bond donors (Lipinski definition) is 4. The van der Waals surface area contributed by atoms with Crippen LogP contribution < -0.4 is 10.6 Å². The Morgan fingerprint density at radius 2 is 2.29 bits per heavy atom. The van der Waals surface area contributed by atoms with Gasteiger partial charge in [-0.3, -0.25) is 9.89 Å². The van der Waals surface area contributed by atoms with E-state index in [0.29, 0.717) is 13.0 Å². The van der Waals surface area contributed by atoms with E-state index in [4.69, 9.17) is 5.11 Å². The lowest BCUT2D eigenvalue weighted by atomic mass is 10.0. The number of carbonyl (C=O) groups excluding carboxylic acids is 1. The number of amides is 2. The van der Waals surface area contributed by atoms with E-state index in [0.717, 1.165) is 36.9 Å². The first-order valence-electron chi connectivity index (χ1n) is 7.34.